The molecule has 3 amide bonds. The predicted octanol–water partition coefficient (Wildman–Crippen LogP) is -0.516. The van der Waals surface area contributed by atoms with Crippen LogP contribution in [0.15, 0.2) is 0 Å². The molecule has 0 unspecified atom stereocenters. The van der Waals surface area contributed by atoms with Gasteiger partial charge in [0.05, 0.1) is 23.6 Å². The van der Waals surface area contributed by atoms with E-state index in [4.69, 9.17) is 0 Å². The number of nitrogens with zero attached hydrogens (tertiary/aromatic N) is 1. The zero-order valence-electron chi connectivity index (χ0n) is 11.4. The lowest BCUT2D eigenvalue weighted by molar-refractivity contribution is -0.109. The smallest absolute Gasteiger partial charge is 0.318 e. The fourth-order valence-electron chi connectivity index (χ4n) is 2.86. The second-order valence-corrected chi connectivity index (χ2v) is 7.53. The van der Waals surface area contributed by atoms with Crippen LogP contribution in [0.25, 0.3) is 0 Å². The molecule has 0 aliphatic carbocycles. The second kappa shape index (κ2) is 6.43. The van der Waals surface area contributed by atoms with Gasteiger partial charge in [-0.05, 0) is 12.8 Å². The Bertz CT molecular complexity index is 465. The molecule has 0 aromatic carbocycles. The normalized spacial score (nSPS) is 27.2. The first-order chi connectivity index (χ1) is 9.53. The van der Waals surface area contributed by atoms with E-state index in [2.05, 4.69) is 10.6 Å². The molecule has 2 N–H and O–H groups in total. The molecule has 2 heterocycles. The van der Waals surface area contributed by atoms with Gasteiger partial charge in [0.15, 0.2) is 9.84 Å². The first-order valence-electron chi connectivity index (χ1n) is 6.98. The number of rotatable bonds is 8. The van der Waals surface area contributed by atoms with Crippen molar-refractivity contribution < 1.29 is 18.0 Å². The Balaban J connectivity index is 1.70. The van der Waals surface area contributed by atoms with Gasteiger partial charge in [0.2, 0.25) is 6.41 Å². The minimum atomic E-state index is -3.01. The van der Waals surface area contributed by atoms with Crippen LogP contribution in [0.4, 0.5) is 4.79 Å². The van der Waals surface area contributed by atoms with E-state index in [-0.39, 0.29) is 29.6 Å². The van der Waals surface area contributed by atoms with Crippen molar-refractivity contribution >= 4 is 22.3 Å². The summed E-state index contributed by atoms with van der Waals surface area (Å²) in [6.07, 6.45) is 4.43. The highest BCUT2D eigenvalue weighted by Crippen LogP contribution is 2.24. The summed E-state index contributed by atoms with van der Waals surface area (Å²) in [5, 5.41) is 5.35. The van der Waals surface area contributed by atoms with Gasteiger partial charge < -0.3 is 15.5 Å². The molecule has 2 rings (SSSR count). The number of hydrogen-bond donors (Lipinski definition) is 2. The molecule has 2 saturated heterocycles. The first kappa shape index (κ1) is 15.1. The van der Waals surface area contributed by atoms with E-state index < -0.39 is 9.84 Å². The van der Waals surface area contributed by atoms with Gasteiger partial charge >= 0.3 is 6.03 Å². The van der Waals surface area contributed by atoms with Crippen LogP contribution in [0.2, 0.25) is 0 Å². The van der Waals surface area contributed by atoms with Gasteiger partial charge in [-0.15, -0.1) is 0 Å². The number of nitrogens with one attached hydrogen (secondary N) is 2. The molecule has 114 valence electrons. The Morgan fingerprint density at radius 1 is 1.25 bits per heavy atom. The van der Waals surface area contributed by atoms with Crippen LogP contribution in [-0.2, 0) is 14.6 Å². The molecule has 0 radical (unpaired) electrons. The molecule has 2 atom stereocenters. The van der Waals surface area contributed by atoms with Crippen molar-refractivity contribution in [2.24, 2.45) is 0 Å². The molecular formula is C12H21N3O4S. The highest BCUT2D eigenvalue weighted by molar-refractivity contribution is 7.91. The van der Waals surface area contributed by atoms with Crippen molar-refractivity contribution in [3.8, 4) is 0 Å². The third kappa shape index (κ3) is 3.62. The average Bonchev–Trinajstić information content (AvgIpc) is 2.80. The van der Waals surface area contributed by atoms with Gasteiger partial charge in [-0.25, -0.2) is 13.2 Å². The number of sulfone groups is 1. The number of unbranched alkanes of at least 4 members (excludes halogenated alkanes) is 3. The highest BCUT2D eigenvalue weighted by Gasteiger charge is 2.48. The lowest BCUT2D eigenvalue weighted by Gasteiger charge is -2.21. The Morgan fingerprint density at radius 3 is 2.75 bits per heavy atom. The van der Waals surface area contributed by atoms with Crippen LogP contribution in [0.3, 0.4) is 0 Å². The van der Waals surface area contributed by atoms with E-state index in [1.165, 1.54) is 0 Å². The quantitative estimate of drug-likeness (QED) is 0.358. The van der Waals surface area contributed by atoms with Gasteiger partial charge in [0.25, 0.3) is 0 Å². The van der Waals surface area contributed by atoms with Gasteiger partial charge in [0.1, 0.15) is 0 Å². The van der Waals surface area contributed by atoms with E-state index in [1.54, 1.807) is 4.90 Å². The number of amides is 3. The topological polar surface area (TPSA) is 95.6 Å². The Hall–Kier alpha value is -1.31. The third-order valence-corrected chi connectivity index (χ3v) is 5.56. The van der Waals surface area contributed by atoms with E-state index in [1.807, 2.05) is 0 Å². The largest absolute Gasteiger partial charge is 0.359 e. The number of carbonyl (C=O) groups excluding carboxylic acids is 2. The molecule has 0 bridgehead atoms. The second-order valence-electron chi connectivity index (χ2n) is 5.38. The summed E-state index contributed by atoms with van der Waals surface area (Å²) in [5.74, 6) is 0.150. The molecular weight excluding hydrogens is 282 g/mol. The predicted molar refractivity (Wildman–Crippen MR) is 74.0 cm³/mol. The maximum Gasteiger partial charge on any atom is 0.318 e. The number of urea groups is 1. The van der Waals surface area contributed by atoms with Crippen molar-refractivity contribution in [2.45, 2.75) is 37.8 Å². The van der Waals surface area contributed by atoms with Gasteiger partial charge in [-0.3, -0.25) is 4.79 Å². The highest BCUT2D eigenvalue weighted by atomic mass is 32.2. The van der Waals surface area contributed by atoms with Crippen molar-refractivity contribution in [2.75, 3.05) is 24.6 Å². The average molecular weight is 303 g/mol. The van der Waals surface area contributed by atoms with Crippen molar-refractivity contribution in [1.29, 1.82) is 0 Å². The summed E-state index contributed by atoms with van der Waals surface area (Å²) < 4.78 is 23.1. The molecule has 2 aliphatic rings. The molecule has 0 aromatic rings. The molecule has 2 fully saturated rings. The SMILES string of the molecule is O=CNCCCCCCN1C(=O)N[C@H]2CS(=O)(=O)C[C@@H]21. The Morgan fingerprint density at radius 2 is 2.00 bits per heavy atom. The lowest BCUT2D eigenvalue weighted by Crippen LogP contribution is -2.37. The third-order valence-electron chi connectivity index (χ3n) is 3.85. The Labute approximate surface area is 119 Å². The molecule has 20 heavy (non-hydrogen) atoms. The first-order valence-corrected chi connectivity index (χ1v) is 8.80. The number of hydrogen-bond acceptors (Lipinski definition) is 4. The number of carbonyl (C=O) groups is 2. The molecule has 7 nitrogen and oxygen atoms in total. The maximum atomic E-state index is 11.8. The zero-order chi connectivity index (χ0) is 14.6. The van der Waals surface area contributed by atoms with Crippen molar-refractivity contribution in [3.63, 3.8) is 0 Å². The summed E-state index contributed by atoms with van der Waals surface area (Å²) >= 11 is 0. The summed E-state index contributed by atoms with van der Waals surface area (Å²) in [7, 11) is -3.01. The maximum absolute atomic E-state index is 11.8. The standard InChI is InChI=1S/C12H21N3O4S/c16-9-13-5-3-1-2-4-6-15-11-8-20(18,19)7-10(11)14-12(15)17/h9-11H,1-8H2,(H,13,16)(H,14,17)/t10-,11-/m0/s1. The fraction of sp³-hybridized carbons (Fsp3) is 0.833. The molecule has 0 aromatic heterocycles. The van der Waals surface area contributed by atoms with Crippen LogP contribution >= 0.6 is 0 Å². The molecule has 8 heteroatoms. The summed E-state index contributed by atoms with van der Waals surface area (Å²) in [6, 6.07) is -0.564. The van der Waals surface area contributed by atoms with Crippen molar-refractivity contribution in [1.82, 2.24) is 15.5 Å². The van der Waals surface area contributed by atoms with Gasteiger partial charge in [-0.1, -0.05) is 12.8 Å². The fourth-order valence-corrected chi connectivity index (χ4v) is 4.78. The van der Waals surface area contributed by atoms with Crippen LogP contribution in [-0.4, -0.2) is 62.4 Å². The van der Waals surface area contributed by atoms with Crippen molar-refractivity contribution in [3.05, 3.63) is 0 Å². The monoisotopic (exact) mass is 303 g/mol. The molecule has 0 saturated carbocycles. The summed E-state index contributed by atoms with van der Waals surface area (Å²) in [5.41, 5.74) is 0. The van der Waals surface area contributed by atoms with Crippen LogP contribution < -0.4 is 10.6 Å². The van der Waals surface area contributed by atoms with Gasteiger partial charge in [-0.2, -0.15) is 0 Å². The lowest BCUT2D eigenvalue weighted by atomic mass is 10.1. The van der Waals surface area contributed by atoms with Crippen LogP contribution in [0.5, 0.6) is 0 Å². The Kier molecular flexibility index (Phi) is 4.85. The minimum absolute atomic E-state index is 0.0667. The van der Waals surface area contributed by atoms with Crippen LogP contribution in [0, 0.1) is 0 Å². The van der Waals surface area contributed by atoms with Crippen LogP contribution in [0.1, 0.15) is 25.7 Å². The summed E-state index contributed by atoms with van der Waals surface area (Å²) in [6.45, 7) is 1.28. The van der Waals surface area contributed by atoms with E-state index in [0.717, 1.165) is 25.7 Å². The zero-order valence-corrected chi connectivity index (χ0v) is 12.2. The minimum Gasteiger partial charge on any atom is -0.359 e. The summed E-state index contributed by atoms with van der Waals surface area (Å²) in [4.78, 5) is 23.5. The number of fused-ring (bicyclic) bond motifs is 1. The van der Waals surface area contributed by atoms with E-state index in [9.17, 15) is 18.0 Å². The molecule has 2 aliphatic heterocycles. The van der Waals surface area contributed by atoms with E-state index in [0.29, 0.717) is 19.5 Å². The van der Waals surface area contributed by atoms with Gasteiger partial charge in [0, 0.05) is 13.1 Å². The van der Waals surface area contributed by atoms with E-state index >= 15 is 0 Å². The molecule has 0 spiro atoms.